The van der Waals surface area contributed by atoms with Gasteiger partial charge < -0.3 is 0 Å². The third-order valence-electron chi connectivity index (χ3n) is 3.81. The summed E-state index contributed by atoms with van der Waals surface area (Å²) in [5.74, 6) is -0.783. The molecule has 2 heterocycles. The number of carbonyl (C=O) groups excluding carboxylic acids is 2. The molecular weight excluding hydrogens is 226 g/mol. The number of Topliss-reactive ketones (excluding diaryl/α,β-unsaturated/α-hetero) is 1. The van der Waals surface area contributed by atoms with Gasteiger partial charge in [0.25, 0.3) is 11.7 Å². The number of rotatable bonds is 0. The zero-order valence-corrected chi connectivity index (χ0v) is 11.0. The average Bonchev–Trinajstić information content (AvgIpc) is 2.52. The molecule has 0 saturated heterocycles. The number of amides is 1. The molecule has 3 heteroatoms. The number of ketones is 1. The smallest absolute Gasteiger partial charge is 0.295 e. The molecule has 1 aromatic rings. The second-order valence-corrected chi connectivity index (χ2v) is 5.60. The van der Waals surface area contributed by atoms with E-state index in [1.54, 1.807) is 4.90 Å². The molecule has 0 aromatic heterocycles. The van der Waals surface area contributed by atoms with E-state index in [0.29, 0.717) is 5.56 Å². The highest BCUT2D eigenvalue weighted by molar-refractivity contribution is 6.53. The van der Waals surface area contributed by atoms with E-state index in [4.69, 9.17) is 0 Å². The van der Waals surface area contributed by atoms with Crippen molar-refractivity contribution >= 4 is 23.0 Å². The van der Waals surface area contributed by atoms with Crippen molar-refractivity contribution in [1.82, 2.24) is 0 Å². The lowest BCUT2D eigenvalue weighted by Gasteiger charge is -2.38. The Hall–Kier alpha value is -1.90. The molecule has 0 bridgehead atoms. The Kier molecular flexibility index (Phi) is 1.93. The van der Waals surface area contributed by atoms with Crippen LogP contribution in [0, 0.1) is 6.92 Å². The fourth-order valence-corrected chi connectivity index (χ4v) is 3.06. The van der Waals surface area contributed by atoms with Crippen molar-refractivity contribution in [3.63, 3.8) is 0 Å². The standard InChI is InChI=1S/C15H15NO2/c1-8-5-6-10-9(2)7-15(3,4)16-12(10)11(8)13(17)14(16)18/h5-7H,1-4H3. The minimum Gasteiger partial charge on any atom is -0.295 e. The van der Waals surface area contributed by atoms with E-state index in [-0.39, 0.29) is 5.78 Å². The maximum absolute atomic E-state index is 12.2. The van der Waals surface area contributed by atoms with Crippen LogP contribution in [0.1, 0.15) is 42.3 Å². The molecule has 2 aliphatic rings. The monoisotopic (exact) mass is 241 g/mol. The van der Waals surface area contributed by atoms with Crippen LogP contribution in [0.25, 0.3) is 5.57 Å². The molecule has 0 aliphatic carbocycles. The SMILES string of the molecule is CC1=CC(C)(C)N2C(=O)C(=O)c3c(C)ccc1c32. The van der Waals surface area contributed by atoms with Gasteiger partial charge in [-0.1, -0.05) is 18.2 Å². The highest BCUT2D eigenvalue weighted by atomic mass is 16.2. The van der Waals surface area contributed by atoms with E-state index in [1.165, 1.54) is 0 Å². The van der Waals surface area contributed by atoms with Crippen LogP contribution in [0.15, 0.2) is 18.2 Å². The molecule has 0 N–H and O–H groups in total. The summed E-state index contributed by atoms with van der Waals surface area (Å²) in [7, 11) is 0. The number of carbonyl (C=O) groups is 2. The van der Waals surface area contributed by atoms with Gasteiger partial charge in [-0.2, -0.15) is 0 Å². The molecule has 1 amide bonds. The zero-order valence-electron chi connectivity index (χ0n) is 11.0. The number of hydrogen-bond donors (Lipinski definition) is 0. The van der Waals surface area contributed by atoms with Crippen molar-refractivity contribution in [2.45, 2.75) is 33.2 Å². The van der Waals surface area contributed by atoms with Crippen LogP contribution in [0.4, 0.5) is 5.69 Å². The van der Waals surface area contributed by atoms with Gasteiger partial charge in [0, 0.05) is 5.56 Å². The van der Waals surface area contributed by atoms with Gasteiger partial charge in [0.1, 0.15) is 0 Å². The number of benzene rings is 1. The summed E-state index contributed by atoms with van der Waals surface area (Å²) in [6.07, 6.45) is 2.05. The molecular formula is C15H15NO2. The van der Waals surface area contributed by atoms with Gasteiger partial charge in [-0.25, -0.2) is 0 Å². The number of allylic oxidation sites excluding steroid dienone is 1. The van der Waals surface area contributed by atoms with Gasteiger partial charge in [0.15, 0.2) is 0 Å². The van der Waals surface area contributed by atoms with Crippen LogP contribution in [0.2, 0.25) is 0 Å². The summed E-state index contributed by atoms with van der Waals surface area (Å²) in [5, 5.41) is 0. The van der Waals surface area contributed by atoms with Gasteiger partial charge in [-0.15, -0.1) is 0 Å². The normalized spacial score (nSPS) is 20.0. The molecule has 92 valence electrons. The maximum atomic E-state index is 12.2. The highest BCUT2D eigenvalue weighted by Crippen LogP contribution is 2.45. The molecule has 0 radical (unpaired) electrons. The summed E-state index contributed by atoms with van der Waals surface area (Å²) in [6.45, 7) is 7.83. The summed E-state index contributed by atoms with van der Waals surface area (Å²) < 4.78 is 0. The van der Waals surface area contributed by atoms with E-state index in [9.17, 15) is 9.59 Å². The van der Waals surface area contributed by atoms with Crippen molar-refractivity contribution in [2.24, 2.45) is 0 Å². The Morgan fingerprint density at radius 1 is 1.11 bits per heavy atom. The Balaban J connectivity index is 2.44. The third-order valence-corrected chi connectivity index (χ3v) is 3.81. The van der Waals surface area contributed by atoms with Crippen LogP contribution in [0.3, 0.4) is 0 Å². The van der Waals surface area contributed by atoms with Crippen molar-refractivity contribution in [2.75, 3.05) is 4.90 Å². The summed E-state index contributed by atoms with van der Waals surface area (Å²) >= 11 is 0. The first kappa shape index (κ1) is 11.2. The zero-order chi connectivity index (χ0) is 13.2. The predicted octanol–water partition coefficient (Wildman–Crippen LogP) is 2.72. The van der Waals surface area contributed by atoms with Crippen molar-refractivity contribution in [3.05, 3.63) is 34.9 Å². The van der Waals surface area contributed by atoms with Crippen LogP contribution in [-0.2, 0) is 4.79 Å². The van der Waals surface area contributed by atoms with Gasteiger partial charge >= 0.3 is 0 Å². The molecule has 0 spiro atoms. The Labute approximate surface area is 106 Å². The summed E-state index contributed by atoms with van der Waals surface area (Å²) in [6, 6.07) is 3.91. The van der Waals surface area contributed by atoms with Gasteiger partial charge in [0.05, 0.1) is 16.8 Å². The van der Waals surface area contributed by atoms with Crippen LogP contribution in [-0.4, -0.2) is 17.2 Å². The van der Waals surface area contributed by atoms with Crippen LogP contribution < -0.4 is 4.90 Å². The first-order valence-corrected chi connectivity index (χ1v) is 6.07. The Morgan fingerprint density at radius 3 is 2.44 bits per heavy atom. The number of hydrogen-bond acceptors (Lipinski definition) is 2. The van der Waals surface area contributed by atoms with Crippen LogP contribution >= 0.6 is 0 Å². The predicted molar refractivity (Wildman–Crippen MR) is 70.7 cm³/mol. The number of nitrogens with zero attached hydrogens (tertiary/aromatic N) is 1. The van der Waals surface area contributed by atoms with E-state index >= 15 is 0 Å². The highest BCUT2D eigenvalue weighted by Gasteiger charge is 2.47. The van der Waals surface area contributed by atoms with Gasteiger partial charge in [-0.05, 0) is 38.8 Å². The van der Waals surface area contributed by atoms with Crippen molar-refractivity contribution in [3.8, 4) is 0 Å². The molecule has 0 fully saturated rings. The summed E-state index contributed by atoms with van der Waals surface area (Å²) in [5.41, 5.74) is 3.93. The van der Waals surface area contributed by atoms with Gasteiger partial charge in [0.2, 0.25) is 0 Å². The average molecular weight is 241 g/mol. The van der Waals surface area contributed by atoms with E-state index in [0.717, 1.165) is 22.4 Å². The molecule has 0 unspecified atom stereocenters. The first-order valence-electron chi connectivity index (χ1n) is 6.07. The number of anilines is 1. The second-order valence-electron chi connectivity index (χ2n) is 5.60. The molecule has 0 atom stereocenters. The van der Waals surface area contributed by atoms with Crippen molar-refractivity contribution < 1.29 is 9.59 Å². The minimum absolute atomic E-state index is 0.375. The molecule has 0 saturated carbocycles. The molecule has 2 aliphatic heterocycles. The second kappa shape index (κ2) is 3.10. The maximum Gasteiger partial charge on any atom is 0.300 e. The fourth-order valence-electron chi connectivity index (χ4n) is 3.06. The topological polar surface area (TPSA) is 37.4 Å². The number of aryl methyl sites for hydroxylation is 1. The fraction of sp³-hybridized carbons (Fsp3) is 0.333. The molecule has 1 aromatic carbocycles. The van der Waals surface area contributed by atoms with E-state index in [1.807, 2.05) is 45.9 Å². The minimum atomic E-state index is -0.442. The lowest BCUT2D eigenvalue weighted by molar-refractivity contribution is -0.115. The molecule has 18 heavy (non-hydrogen) atoms. The van der Waals surface area contributed by atoms with Crippen molar-refractivity contribution in [1.29, 1.82) is 0 Å². The van der Waals surface area contributed by atoms with E-state index < -0.39 is 11.4 Å². The Bertz CT molecular complexity index is 638. The Morgan fingerprint density at radius 2 is 1.78 bits per heavy atom. The third kappa shape index (κ3) is 1.14. The summed E-state index contributed by atoms with van der Waals surface area (Å²) in [4.78, 5) is 26.0. The largest absolute Gasteiger partial charge is 0.300 e. The quantitative estimate of drug-likeness (QED) is 0.655. The molecule has 3 rings (SSSR count). The van der Waals surface area contributed by atoms with Crippen LogP contribution in [0.5, 0.6) is 0 Å². The lowest BCUT2D eigenvalue weighted by Crippen LogP contribution is -2.47. The van der Waals surface area contributed by atoms with Gasteiger partial charge in [-0.3, -0.25) is 14.5 Å². The molecule has 3 nitrogen and oxygen atoms in total. The first-order chi connectivity index (χ1) is 8.34. The van der Waals surface area contributed by atoms with E-state index in [2.05, 4.69) is 0 Å². The lowest BCUT2D eigenvalue weighted by atomic mass is 9.88.